The molecular weight excluding hydrogens is 530 g/mol. The molecule has 1 aromatic heterocycles. The van der Waals surface area contributed by atoms with Crippen LogP contribution < -0.4 is 15.4 Å². The van der Waals surface area contributed by atoms with Crippen molar-refractivity contribution in [1.29, 1.82) is 0 Å². The summed E-state index contributed by atoms with van der Waals surface area (Å²) >= 11 is 1.37. The van der Waals surface area contributed by atoms with Crippen molar-refractivity contribution in [2.75, 3.05) is 24.4 Å². The lowest BCUT2D eigenvalue weighted by atomic mass is 9.47. The summed E-state index contributed by atoms with van der Waals surface area (Å²) in [4.78, 5) is 32.1. The Bertz CT molecular complexity index is 1410. The summed E-state index contributed by atoms with van der Waals surface area (Å²) in [5, 5.41) is 37.5. The summed E-state index contributed by atoms with van der Waals surface area (Å²) in [5.41, 5.74) is 0.559. The first-order valence-electron chi connectivity index (χ1n) is 13.4. The lowest BCUT2D eigenvalue weighted by Gasteiger charge is -2.58. The van der Waals surface area contributed by atoms with E-state index >= 15 is 0 Å². The molecular formula is C30H35N3O6S. The lowest BCUT2D eigenvalue weighted by Crippen LogP contribution is -2.57. The highest BCUT2D eigenvalue weighted by Gasteiger charge is 2.59. The molecule has 212 valence electrons. The van der Waals surface area contributed by atoms with Crippen LogP contribution in [0.1, 0.15) is 60.0 Å². The zero-order valence-electron chi connectivity index (χ0n) is 22.8. The number of ether oxygens (including phenoxy) is 1. The zero-order valence-corrected chi connectivity index (χ0v) is 23.6. The van der Waals surface area contributed by atoms with Crippen LogP contribution in [-0.4, -0.2) is 51.9 Å². The zero-order chi connectivity index (χ0) is 28.7. The minimum atomic E-state index is -0.749. The van der Waals surface area contributed by atoms with Gasteiger partial charge in [0.25, 0.3) is 5.91 Å². The van der Waals surface area contributed by atoms with E-state index in [0.717, 1.165) is 10.6 Å². The highest BCUT2D eigenvalue weighted by molar-refractivity contribution is 7.15. The number of phenols is 1. The highest BCUT2D eigenvalue weighted by atomic mass is 32.1. The first-order valence-corrected chi connectivity index (χ1v) is 14.2. The first kappa shape index (κ1) is 28.1. The van der Waals surface area contributed by atoms with Gasteiger partial charge in [0.1, 0.15) is 11.5 Å². The number of thiazole rings is 1. The number of aliphatic hydroxyl groups is 2. The van der Waals surface area contributed by atoms with E-state index < -0.39 is 16.9 Å². The van der Waals surface area contributed by atoms with Gasteiger partial charge >= 0.3 is 0 Å². The molecule has 3 aromatic rings. The number of rotatable bonds is 7. The van der Waals surface area contributed by atoms with Gasteiger partial charge in [-0.25, -0.2) is 4.98 Å². The number of nitrogens with zero attached hydrogens (tertiary/aromatic N) is 1. The Morgan fingerprint density at radius 1 is 1.15 bits per heavy atom. The number of amides is 2. The maximum absolute atomic E-state index is 13.3. The van der Waals surface area contributed by atoms with Gasteiger partial charge in [0, 0.05) is 39.9 Å². The number of phenolic OH excluding ortho intramolecular Hbond substituents is 1. The number of aliphatic hydroxyl groups excluding tert-OH is 2. The van der Waals surface area contributed by atoms with Crippen LogP contribution in [0.5, 0.6) is 11.5 Å². The predicted molar refractivity (Wildman–Crippen MR) is 153 cm³/mol. The summed E-state index contributed by atoms with van der Waals surface area (Å²) in [6.45, 7) is 3.87. The monoisotopic (exact) mass is 565 g/mol. The van der Waals surface area contributed by atoms with Crippen molar-refractivity contribution < 1.29 is 29.6 Å². The Labute approximate surface area is 237 Å². The molecule has 2 aliphatic carbocycles. The molecule has 0 unspecified atom stereocenters. The third-order valence-electron chi connectivity index (χ3n) is 8.99. The van der Waals surface area contributed by atoms with Crippen LogP contribution in [0.25, 0.3) is 0 Å². The minimum Gasteiger partial charge on any atom is -0.508 e. The van der Waals surface area contributed by atoms with Crippen molar-refractivity contribution in [3.63, 3.8) is 0 Å². The number of hydrogen-bond donors (Lipinski definition) is 5. The Hall–Kier alpha value is -3.47. The Kier molecular flexibility index (Phi) is 7.60. The quantitative estimate of drug-likeness (QED) is 0.283. The standard InChI is InChI=1S/C30H35N3O6S/c1-29-12-11-24(36)30(2,16-34)23(29)15-22-26(21(29)14-25(37)31-18-5-4-6-19(35)13-18)32-28(40-22)33-27(38)17-7-9-20(39-3)10-8-17/h4-10,13,21,23-24,34-36H,11-12,14-16H2,1-3H3,(H,31,37)(H,32,33,38)/t21-,23+,24-,29+,30+/m1/s1. The molecule has 0 bridgehead atoms. The van der Waals surface area contributed by atoms with E-state index in [9.17, 15) is 24.9 Å². The van der Waals surface area contributed by atoms with Gasteiger partial charge in [-0.3, -0.25) is 14.9 Å². The molecule has 0 aliphatic heterocycles. The average molecular weight is 566 g/mol. The van der Waals surface area contributed by atoms with Crippen LogP contribution in [0, 0.1) is 16.7 Å². The van der Waals surface area contributed by atoms with Crippen LogP contribution in [0.4, 0.5) is 10.8 Å². The van der Waals surface area contributed by atoms with Gasteiger partial charge in [-0.15, -0.1) is 11.3 Å². The molecule has 10 heteroatoms. The van der Waals surface area contributed by atoms with Gasteiger partial charge < -0.3 is 25.4 Å². The van der Waals surface area contributed by atoms with E-state index in [2.05, 4.69) is 17.6 Å². The predicted octanol–water partition coefficient (Wildman–Crippen LogP) is 4.55. The van der Waals surface area contributed by atoms with Gasteiger partial charge in [-0.2, -0.15) is 0 Å². The molecule has 5 atom stereocenters. The molecule has 0 radical (unpaired) electrons. The van der Waals surface area contributed by atoms with Gasteiger partial charge in [-0.1, -0.05) is 19.9 Å². The summed E-state index contributed by atoms with van der Waals surface area (Å²) in [5.74, 6) is -0.229. The van der Waals surface area contributed by atoms with E-state index in [1.165, 1.54) is 23.5 Å². The Morgan fingerprint density at radius 2 is 1.90 bits per heavy atom. The Balaban J connectivity index is 1.47. The summed E-state index contributed by atoms with van der Waals surface area (Å²) in [6, 6.07) is 13.2. The SMILES string of the molecule is COc1ccc(C(=O)Nc2nc3c(s2)C[C@@H]2[C@](C)(CO)[C@H](O)CC[C@@]2(C)[C@@H]3CC(=O)Nc2cccc(O)c2)cc1. The molecule has 0 saturated heterocycles. The molecule has 5 N–H and O–H groups in total. The molecule has 2 aromatic carbocycles. The van der Waals surface area contributed by atoms with Crippen molar-refractivity contribution >= 4 is 34.0 Å². The minimum absolute atomic E-state index is 0.0569. The van der Waals surface area contributed by atoms with Gasteiger partial charge in [0.15, 0.2) is 5.13 Å². The lowest BCUT2D eigenvalue weighted by molar-refractivity contribution is -0.143. The van der Waals surface area contributed by atoms with Gasteiger partial charge in [0.2, 0.25) is 5.91 Å². The molecule has 5 rings (SSSR count). The van der Waals surface area contributed by atoms with Crippen molar-refractivity contribution in [2.45, 2.75) is 51.6 Å². The number of methoxy groups -OCH3 is 1. The number of aromatic hydroxyl groups is 1. The van der Waals surface area contributed by atoms with Crippen LogP contribution in [-0.2, 0) is 11.2 Å². The summed E-state index contributed by atoms with van der Waals surface area (Å²) in [7, 11) is 1.56. The number of carbonyl (C=O) groups excluding carboxylic acids is 2. The third kappa shape index (κ3) is 5.07. The van der Waals surface area contributed by atoms with Gasteiger partial charge in [-0.05, 0) is 67.0 Å². The molecule has 9 nitrogen and oxygen atoms in total. The topological polar surface area (TPSA) is 141 Å². The van der Waals surface area contributed by atoms with Crippen molar-refractivity contribution in [3.8, 4) is 11.5 Å². The second kappa shape index (κ2) is 10.8. The number of aromatic nitrogens is 1. The molecule has 1 fully saturated rings. The molecule has 1 heterocycles. The highest BCUT2D eigenvalue weighted by Crippen LogP contribution is 2.62. The molecule has 2 amide bonds. The average Bonchev–Trinajstić information content (AvgIpc) is 3.34. The fraction of sp³-hybridized carbons (Fsp3) is 0.433. The fourth-order valence-electron chi connectivity index (χ4n) is 6.59. The maximum Gasteiger partial charge on any atom is 0.257 e. The second-order valence-electron chi connectivity index (χ2n) is 11.3. The first-order chi connectivity index (χ1) is 19.1. The van der Waals surface area contributed by atoms with Crippen LogP contribution in [0.2, 0.25) is 0 Å². The third-order valence-corrected chi connectivity index (χ3v) is 9.99. The van der Waals surface area contributed by atoms with E-state index in [1.54, 1.807) is 43.5 Å². The number of benzene rings is 2. The molecule has 40 heavy (non-hydrogen) atoms. The van der Waals surface area contributed by atoms with E-state index in [-0.39, 0.29) is 42.4 Å². The number of anilines is 2. The molecule has 2 aliphatic rings. The smallest absolute Gasteiger partial charge is 0.257 e. The van der Waals surface area contributed by atoms with Crippen LogP contribution >= 0.6 is 11.3 Å². The van der Waals surface area contributed by atoms with Crippen molar-refractivity contribution in [1.82, 2.24) is 4.98 Å². The van der Waals surface area contributed by atoms with Crippen molar-refractivity contribution in [3.05, 3.63) is 64.7 Å². The number of hydrogen-bond acceptors (Lipinski definition) is 8. The van der Waals surface area contributed by atoms with E-state index in [1.807, 2.05) is 6.92 Å². The number of fused-ring (bicyclic) bond motifs is 2. The maximum atomic E-state index is 13.3. The summed E-state index contributed by atoms with van der Waals surface area (Å²) < 4.78 is 5.18. The van der Waals surface area contributed by atoms with Crippen LogP contribution in [0.15, 0.2) is 48.5 Å². The van der Waals surface area contributed by atoms with Crippen molar-refractivity contribution in [2.24, 2.45) is 16.7 Å². The van der Waals surface area contributed by atoms with Gasteiger partial charge in [0.05, 0.1) is 25.5 Å². The normalized spacial score (nSPS) is 27.3. The molecule has 0 spiro atoms. The van der Waals surface area contributed by atoms with E-state index in [0.29, 0.717) is 41.4 Å². The van der Waals surface area contributed by atoms with E-state index in [4.69, 9.17) is 9.72 Å². The number of carbonyl (C=O) groups is 2. The number of nitrogens with one attached hydrogen (secondary N) is 2. The van der Waals surface area contributed by atoms with Crippen LogP contribution in [0.3, 0.4) is 0 Å². The summed E-state index contributed by atoms with van der Waals surface area (Å²) in [6.07, 6.45) is 1.23. The fourth-order valence-corrected chi connectivity index (χ4v) is 7.66. The second-order valence-corrected chi connectivity index (χ2v) is 12.4. The largest absolute Gasteiger partial charge is 0.508 e. The Morgan fingerprint density at radius 3 is 2.58 bits per heavy atom. The molecule has 1 saturated carbocycles.